The molecule has 114 valence electrons. The number of para-hydroxylation sites is 1. The highest BCUT2D eigenvalue weighted by Gasteiger charge is 2.15. The van der Waals surface area contributed by atoms with Crippen LogP contribution in [0.25, 0.3) is 0 Å². The van der Waals surface area contributed by atoms with E-state index in [0.29, 0.717) is 24.5 Å². The maximum Gasteiger partial charge on any atom is 0.261 e. The number of anilines is 1. The van der Waals surface area contributed by atoms with Crippen molar-refractivity contribution in [3.8, 4) is 6.07 Å². The van der Waals surface area contributed by atoms with Gasteiger partial charge in [-0.3, -0.25) is 4.72 Å². The second kappa shape index (κ2) is 7.07. The Morgan fingerprint density at radius 1 is 1.14 bits per heavy atom. The van der Waals surface area contributed by atoms with Gasteiger partial charge in [-0.25, -0.2) is 8.42 Å². The van der Waals surface area contributed by atoms with Crippen molar-refractivity contribution in [1.29, 1.82) is 5.26 Å². The minimum absolute atomic E-state index is 0.109. The predicted molar refractivity (Wildman–Crippen MR) is 83.7 cm³/mol. The first-order chi connectivity index (χ1) is 10.6. The van der Waals surface area contributed by atoms with E-state index in [1.807, 2.05) is 25.1 Å². The number of nitriles is 1. The summed E-state index contributed by atoms with van der Waals surface area (Å²) >= 11 is 0. The fourth-order valence-corrected chi connectivity index (χ4v) is 2.97. The number of sulfonamides is 1. The molecule has 0 unspecified atom stereocenters. The molecule has 0 radical (unpaired) electrons. The van der Waals surface area contributed by atoms with Crippen LogP contribution < -0.4 is 4.72 Å². The van der Waals surface area contributed by atoms with E-state index in [-0.39, 0.29) is 4.90 Å². The Labute approximate surface area is 130 Å². The van der Waals surface area contributed by atoms with Gasteiger partial charge in [0.1, 0.15) is 0 Å². The van der Waals surface area contributed by atoms with Crippen LogP contribution in [0.1, 0.15) is 18.1 Å². The predicted octanol–water partition coefficient (Wildman–Crippen LogP) is 2.90. The Kier molecular flexibility index (Phi) is 5.15. The maximum atomic E-state index is 12.4. The zero-order valence-electron chi connectivity index (χ0n) is 12.1. The fraction of sp³-hybridized carbons (Fsp3) is 0.188. The van der Waals surface area contributed by atoms with Crippen LogP contribution in [0.15, 0.2) is 53.4 Å². The molecule has 0 spiro atoms. The molecule has 0 aliphatic rings. The zero-order valence-corrected chi connectivity index (χ0v) is 12.9. The third-order valence-corrected chi connectivity index (χ3v) is 4.40. The van der Waals surface area contributed by atoms with Gasteiger partial charge in [0.2, 0.25) is 0 Å². The Bertz CT molecular complexity index is 778. The summed E-state index contributed by atoms with van der Waals surface area (Å²) in [5.41, 5.74) is 1.66. The van der Waals surface area contributed by atoms with Crippen molar-refractivity contribution >= 4 is 15.7 Å². The Balaban J connectivity index is 2.26. The molecule has 0 amide bonds. The number of nitrogens with one attached hydrogen (secondary N) is 1. The van der Waals surface area contributed by atoms with Crippen LogP contribution in [-0.2, 0) is 21.4 Å². The number of benzene rings is 2. The van der Waals surface area contributed by atoms with E-state index in [0.717, 1.165) is 5.56 Å². The molecule has 2 aromatic carbocycles. The van der Waals surface area contributed by atoms with E-state index in [9.17, 15) is 8.42 Å². The van der Waals surface area contributed by atoms with Gasteiger partial charge >= 0.3 is 0 Å². The molecule has 0 atom stereocenters. The highest BCUT2D eigenvalue weighted by atomic mass is 32.2. The van der Waals surface area contributed by atoms with Gasteiger partial charge in [-0.05, 0) is 37.3 Å². The molecular formula is C16H16N2O3S. The lowest BCUT2D eigenvalue weighted by atomic mass is 10.2. The van der Waals surface area contributed by atoms with Gasteiger partial charge in [-0.2, -0.15) is 5.26 Å². The summed E-state index contributed by atoms with van der Waals surface area (Å²) in [4.78, 5) is 0.109. The van der Waals surface area contributed by atoms with E-state index in [2.05, 4.69) is 4.72 Å². The minimum Gasteiger partial charge on any atom is -0.377 e. The lowest BCUT2D eigenvalue weighted by Gasteiger charge is -2.12. The van der Waals surface area contributed by atoms with Crippen molar-refractivity contribution in [1.82, 2.24) is 0 Å². The van der Waals surface area contributed by atoms with Crippen molar-refractivity contribution < 1.29 is 13.2 Å². The smallest absolute Gasteiger partial charge is 0.261 e. The third kappa shape index (κ3) is 3.85. The summed E-state index contributed by atoms with van der Waals surface area (Å²) in [6, 6.07) is 14.8. The average molecular weight is 316 g/mol. The van der Waals surface area contributed by atoms with Crippen molar-refractivity contribution in [2.75, 3.05) is 11.3 Å². The second-order valence-corrected chi connectivity index (χ2v) is 6.22. The van der Waals surface area contributed by atoms with Gasteiger partial charge in [-0.1, -0.05) is 18.2 Å². The Morgan fingerprint density at radius 3 is 2.45 bits per heavy atom. The number of rotatable bonds is 6. The summed E-state index contributed by atoms with van der Waals surface area (Å²) in [5, 5.41) is 8.76. The first kappa shape index (κ1) is 16.0. The molecule has 0 aliphatic heterocycles. The third-order valence-electron chi connectivity index (χ3n) is 3.02. The molecule has 6 heteroatoms. The van der Waals surface area contributed by atoms with Crippen LogP contribution in [0.3, 0.4) is 0 Å². The summed E-state index contributed by atoms with van der Waals surface area (Å²) in [7, 11) is -3.70. The molecule has 0 saturated carbocycles. The molecule has 22 heavy (non-hydrogen) atoms. The van der Waals surface area contributed by atoms with Gasteiger partial charge in [0.05, 0.1) is 28.8 Å². The van der Waals surface area contributed by atoms with E-state index in [1.165, 1.54) is 24.3 Å². The zero-order chi connectivity index (χ0) is 16.0. The van der Waals surface area contributed by atoms with Crippen LogP contribution in [0.2, 0.25) is 0 Å². The summed E-state index contributed by atoms with van der Waals surface area (Å²) in [6.07, 6.45) is 0. The summed E-state index contributed by atoms with van der Waals surface area (Å²) in [5.74, 6) is 0. The molecule has 0 saturated heterocycles. The summed E-state index contributed by atoms with van der Waals surface area (Å²) < 4.78 is 32.7. The van der Waals surface area contributed by atoms with Gasteiger partial charge in [-0.15, -0.1) is 0 Å². The minimum atomic E-state index is -3.70. The van der Waals surface area contributed by atoms with Crippen LogP contribution in [0, 0.1) is 11.3 Å². The molecule has 0 fully saturated rings. The van der Waals surface area contributed by atoms with E-state index < -0.39 is 10.0 Å². The largest absolute Gasteiger partial charge is 0.377 e. The van der Waals surface area contributed by atoms with Crippen LogP contribution in [0.4, 0.5) is 5.69 Å². The second-order valence-electron chi connectivity index (χ2n) is 4.54. The maximum absolute atomic E-state index is 12.4. The fourth-order valence-electron chi connectivity index (χ4n) is 1.87. The van der Waals surface area contributed by atoms with Crippen molar-refractivity contribution in [3.05, 3.63) is 59.7 Å². The van der Waals surface area contributed by atoms with Crippen molar-refractivity contribution in [2.24, 2.45) is 0 Å². The first-order valence-electron chi connectivity index (χ1n) is 6.75. The van der Waals surface area contributed by atoms with Gasteiger partial charge in [0, 0.05) is 12.2 Å². The average Bonchev–Trinajstić information content (AvgIpc) is 2.54. The molecule has 0 aromatic heterocycles. The standard InChI is InChI=1S/C16H16N2O3S/c1-2-21-12-14-5-3-4-6-16(14)18-22(19,20)15-9-7-13(11-17)8-10-15/h3-10,18H,2,12H2,1H3. The first-order valence-corrected chi connectivity index (χ1v) is 8.24. The molecule has 0 heterocycles. The van der Waals surface area contributed by atoms with Crippen LogP contribution in [0.5, 0.6) is 0 Å². The molecule has 0 aliphatic carbocycles. The Morgan fingerprint density at radius 2 is 1.82 bits per heavy atom. The normalized spacial score (nSPS) is 10.9. The number of hydrogen-bond acceptors (Lipinski definition) is 4. The van der Waals surface area contributed by atoms with Crippen molar-refractivity contribution in [2.45, 2.75) is 18.4 Å². The van der Waals surface area contributed by atoms with E-state index in [1.54, 1.807) is 12.1 Å². The van der Waals surface area contributed by atoms with E-state index >= 15 is 0 Å². The van der Waals surface area contributed by atoms with Gasteiger partial charge in [0.15, 0.2) is 0 Å². The highest BCUT2D eigenvalue weighted by molar-refractivity contribution is 7.92. The highest BCUT2D eigenvalue weighted by Crippen LogP contribution is 2.21. The molecule has 5 nitrogen and oxygen atoms in total. The van der Waals surface area contributed by atoms with Crippen molar-refractivity contribution in [3.63, 3.8) is 0 Å². The van der Waals surface area contributed by atoms with Gasteiger partial charge < -0.3 is 4.74 Å². The molecule has 2 aromatic rings. The lowest BCUT2D eigenvalue weighted by molar-refractivity contribution is 0.134. The molecule has 2 rings (SSSR count). The topological polar surface area (TPSA) is 79.2 Å². The quantitative estimate of drug-likeness (QED) is 0.888. The molecule has 1 N–H and O–H groups in total. The monoisotopic (exact) mass is 316 g/mol. The Hall–Kier alpha value is -2.36. The molecule has 0 bridgehead atoms. The van der Waals surface area contributed by atoms with Crippen LogP contribution in [-0.4, -0.2) is 15.0 Å². The SMILES string of the molecule is CCOCc1ccccc1NS(=O)(=O)c1ccc(C#N)cc1. The van der Waals surface area contributed by atoms with Crippen LogP contribution >= 0.6 is 0 Å². The molecular weight excluding hydrogens is 300 g/mol. The van der Waals surface area contributed by atoms with Gasteiger partial charge in [0.25, 0.3) is 10.0 Å². The number of ether oxygens (including phenoxy) is 1. The van der Waals surface area contributed by atoms with E-state index in [4.69, 9.17) is 10.00 Å². The number of nitrogens with zero attached hydrogens (tertiary/aromatic N) is 1. The summed E-state index contributed by atoms with van der Waals surface area (Å²) in [6.45, 7) is 2.77. The number of hydrogen-bond donors (Lipinski definition) is 1. The lowest BCUT2D eigenvalue weighted by Crippen LogP contribution is -2.14.